The Bertz CT molecular complexity index is 997. The molecule has 1 saturated carbocycles. The summed E-state index contributed by atoms with van der Waals surface area (Å²) in [6.07, 6.45) is 4.38. The topological polar surface area (TPSA) is 51.0 Å². The summed E-state index contributed by atoms with van der Waals surface area (Å²) >= 11 is 7.55. The third kappa shape index (κ3) is 2.55. The van der Waals surface area contributed by atoms with E-state index in [2.05, 4.69) is 27.0 Å². The van der Waals surface area contributed by atoms with E-state index in [0.717, 1.165) is 41.8 Å². The second-order valence-electron chi connectivity index (χ2n) is 7.36. The molecule has 1 aliphatic heterocycles. The van der Waals surface area contributed by atoms with Gasteiger partial charge in [-0.05, 0) is 49.9 Å². The van der Waals surface area contributed by atoms with Gasteiger partial charge in [0.15, 0.2) is 10.8 Å². The minimum absolute atomic E-state index is 0.181. The van der Waals surface area contributed by atoms with Crippen molar-refractivity contribution in [1.29, 1.82) is 0 Å². The summed E-state index contributed by atoms with van der Waals surface area (Å²) in [6, 6.07) is 8.25. The van der Waals surface area contributed by atoms with Crippen molar-refractivity contribution in [3.63, 3.8) is 0 Å². The molecule has 3 aromatic rings. The molecule has 0 unspecified atom stereocenters. The van der Waals surface area contributed by atoms with Gasteiger partial charge in [-0.1, -0.05) is 11.6 Å². The summed E-state index contributed by atoms with van der Waals surface area (Å²) in [5, 5.41) is 9.76. The van der Waals surface area contributed by atoms with Gasteiger partial charge in [0.05, 0.1) is 4.88 Å². The van der Waals surface area contributed by atoms with E-state index in [4.69, 9.17) is 11.6 Å². The Kier molecular flexibility index (Phi) is 3.79. The first-order valence-electron chi connectivity index (χ1n) is 8.95. The zero-order valence-electron chi connectivity index (χ0n) is 14.4. The van der Waals surface area contributed by atoms with Crippen molar-refractivity contribution in [3.05, 3.63) is 45.4 Å². The highest BCUT2D eigenvalue weighted by Crippen LogP contribution is 2.46. The van der Waals surface area contributed by atoms with E-state index in [1.807, 2.05) is 30.0 Å². The van der Waals surface area contributed by atoms with Gasteiger partial charge in [0.1, 0.15) is 0 Å². The monoisotopic (exact) mass is 386 g/mol. The minimum Gasteiger partial charge on any atom is -0.337 e. The Morgan fingerprint density at radius 1 is 1.23 bits per heavy atom. The molecular formula is C19H19ClN4OS. The smallest absolute Gasteiger partial charge is 0.263 e. The molecule has 0 spiro atoms. The van der Waals surface area contributed by atoms with Crippen molar-refractivity contribution < 1.29 is 4.79 Å². The maximum Gasteiger partial charge on any atom is 0.263 e. The molecule has 3 atom stereocenters. The lowest BCUT2D eigenvalue weighted by molar-refractivity contribution is 0.0782. The SMILES string of the molecule is Cc1ccc(C(=O)N2C[C@@H]3CC[C@@H](n4ccc5cc(Cl)nnc54)[C@@H]3C2)s1. The number of carbonyl (C=O) groups is 1. The number of aromatic nitrogens is 3. The highest BCUT2D eigenvalue weighted by molar-refractivity contribution is 7.13. The molecule has 4 heterocycles. The van der Waals surface area contributed by atoms with Crippen molar-refractivity contribution in [2.75, 3.05) is 13.1 Å². The predicted molar refractivity (Wildman–Crippen MR) is 103 cm³/mol. The number of amides is 1. The Morgan fingerprint density at radius 3 is 2.92 bits per heavy atom. The molecule has 26 heavy (non-hydrogen) atoms. The summed E-state index contributed by atoms with van der Waals surface area (Å²) < 4.78 is 2.24. The second-order valence-corrected chi connectivity index (χ2v) is 9.03. The second kappa shape index (κ2) is 6.06. The molecule has 2 aliphatic rings. The quantitative estimate of drug-likeness (QED) is 0.663. The molecule has 134 valence electrons. The van der Waals surface area contributed by atoms with Gasteiger partial charge in [0.25, 0.3) is 5.91 Å². The van der Waals surface area contributed by atoms with Crippen LogP contribution in [0.5, 0.6) is 0 Å². The predicted octanol–water partition coefficient (Wildman–Crippen LogP) is 4.18. The Balaban J connectivity index is 1.40. The third-order valence-electron chi connectivity index (χ3n) is 5.85. The third-order valence-corrected chi connectivity index (χ3v) is 7.02. The van der Waals surface area contributed by atoms with Crippen LogP contribution in [0.25, 0.3) is 11.0 Å². The maximum atomic E-state index is 12.8. The van der Waals surface area contributed by atoms with Crippen LogP contribution in [0.4, 0.5) is 0 Å². The molecule has 3 aromatic heterocycles. The average Bonchev–Trinajstić information content (AvgIpc) is 3.36. The molecule has 0 aromatic carbocycles. The highest BCUT2D eigenvalue weighted by atomic mass is 35.5. The van der Waals surface area contributed by atoms with Crippen molar-refractivity contribution in [3.8, 4) is 0 Å². The standard InChI is InChI=1S/C19H19ClN4OS/c1-11-2-5-16(26-11)19(25)23-9-13-3-4-15(14(13)10-23)24-7-6-12-8-17(20)21-22-18(12)24/h2,5-8,13-15H,3-4,9-10H2,1H3/t13-,14+,15+/m0/s1. The largest absolute Gasteiger partial charge is 0.337 e. The van der Waals surface area contributed by atoms with E-state index in [0.29, 0.717) is 23.0 Å². The number of aryl methyl sites for hydroxylation is 1. The van der Waals surface area contributed by atoms with E-state index >= 15 is 0 Å². The van der Waals surface area contributed by atoms with E-state index in [1.54, 1.807) is 11.3 Å². The van der Waals surface area contributed by atoms with Crippen molar-refractivity contribution >= 4 is 39.9 Å². The molecule has 1 saturated heterocycles. The molecule has 2 fully saturated rings. The first-order chi connectivity index (χ1) is 12.6. The summed E-state index contributed by atoms with van der Waals surface area (Å²) in [4.78, 5) is 16.9. The molecule has 0 radical (unpaired) electrons. The van der Waals surface area contributed by atoms with Crippen LogP contribution in [-0.4, -0.2) is 38.7 Å². The fourth-order valence-corrected chi connectivity index (χ4v) is 5.64. The summed E-state index contributed by atoms with van der Waals surface area (Å²) in [5.41, 5.74) is 0.888. The summed E-state index contributed by atoms with van der Waals surface area (Å²) in [7, 11) is 0. The van der Waals surface area contributed by atoms with Crippen molar-refractivity contribution in [2.24, 2.45) is 11.8 Å². The fourth-order valence-electron chi connectivity index (χ4n) is 4.65. The lowest BCUT2D eigenvalue weighted by Crippen LogP contribution is -2.30. The van der Waals surface area contributed by atoms with Gasteiger partial charge < -0.3 is 9.47 Å². The molecule has 5 rings (SSSR count). The lowest BCUT2D eigenvalue weighted by Gasteiger charge is -2.22. The van der Waals surface area contributed by atoms with Gasteiger partial charge in [-0.25, -0.2) is 0 Å². The zero-order chi connectivity index (χ0) is 17.8. The van der Waals surface area contributed by atoms with Gasteiger partial charge in [0, 0.05) is 41.5 Å². The van der Waals surface area contributed by atoms with E-state index in [-0.39, 0.29) is 5.91 Å². The highest BCUT2D eigenvalue weighted by Gasteiger charge is 2.45. The molecule has 1 amide bonds. The van der Waals surface area contributed by atoms with E-state index in [9.17, 15) is 4.79 Å². The van der Waals surface area contributed by atoms with Crippen LogP contribution in [0, 0.1) is 18.8 Å². The number of nitrogens with zero attached hydrogens (tertiary/aromatic N) is 4. The number of likely N-dealkylation sites (tertiary alicyclic amines) is 1. The fraction of sp³-hybridized carbons (Fsp3) is 0.421. The number of rotatable bonds is 2. The Labute approximate surface area is 160 Å². The molecule has 5 nitrogen and oxygen atoms in total. The first kappa shape index (κ1) is 16.3. The number of halogens is 1. The number of thiophene rings is 1. The summed E-state index contributed by atoms with van der Waals surface area (Å²) in [6.45, 7) is 3.74. The van der Waals surface area contributed by atoms with Gasteiger partial charge in [-0.15, -0.1) is 21.5 Å². The number of hydrogen-bond donors (Lipinski definition) is 0. The average molecular weight is 387 g/mol. The zero-order valence-corrected chi connectivity index (χ0v) is 16.0. The van der Waals surface area contributed by atoms with Crippen molar-refractivity contribution in [1.82, 2.24) is 19.7 Å². The van der Waals surface area contributed by atoms with Gasteiger partial charge in [0.2, 0.25) is 0 Å². The Hall–Kier alpha value is -1.92. The van der Waals surface area contributed by atoms with Crippen LogP contribution < -0.4 is 0 Å². The molecule has 0 bridgehead atoms. The van der Waals surface area contributed by atoms with Crippen LogP contribution in [-0.2, 0) is 0 Å². The summed E-state index contributed by atoms with van der Waals surface area (Å²) in [5.74, 6) is 1.23. The maximum absolute atomic E-state index is 12.8. The van der Waals surface area contributed by atoms with Crippen molar-refractivity contribution in [2.45, 2.75) is 25.8 Å². The van der Waals surface area contributed by atoms with Gasteiger partial charge in [-0.3, -0.25) is 4.79 Å². The number of hydrogen-bond acceptors (Lipinski definition) is 4. The van der Waals surface area contributed by atoms with Crippen LogP contribution in [0.2, 0.25) is 5.15 Å². The molecular weight excluding hydrogens is 368 g/mol. The van der Waals surface area contributed by atoms with Crippen LogP contribution in [0.3, 0.4) is 0 Å². The van der Waals surface area contributed by atoms with Gasteiger partial charge >= 0.3 is 0 Å². The van der Waals surface area contributed by atoms with E-state index in [1.165, 1.54) is 4.88 Å². The molecule has 1 aliphatic carbocycles. The van der Waals surface area contributed by atoms with Crippen LogP contribution >= 0.6 is 22.9 Å². The normalized spacial score (nSPS) is 25.2. The molecule has 7 heteroatoms. The first-order valence-corrected chi connectivity index (χ1v) is 10.1. The minimum atomic E-state index is 0.181. The Morgan fingerprint density at radius 2 is 2.12 bits per heavy atom. The van der Waals surface area contributed by atoms with Crippen LogP contribution in [0.1, 0.15) is 33.4 Å². The van der Waals surface area contributed by atoms with E-state index < -0.39 is 0 Å². The number of carbonyl (C=O) groups excluding carboxylic acids is 1. The number of fused-ring (bicyclic) bond motifs is 2. The van der Waals surface area contributed by atoms with Crippen LogP contribution in [0.15, 0.2) is 30.5 Å². The molecule has 0 N–H and O–H groups in total. The lowest BCUT2D eigenvalue weighted by atomic mass is 9.98. The van der Waals surface area contributed by atoms with Gasteiger partial charge in [-0.2, -0.15) is 0 Å².